The lowest BCUT2D eigenvalue weighted by Crippen LogP contribution is -2.12. The van der Waals surface area contributed by atoms with Crippen molar-refractivity contribution in [3.63, 3.8) is 0 Å². The van der Waals surface area contributed by atoms with Crippen LogP contribution in [-0.2, 0) is 19.7 Å². The number of aromatic carboxylic acids is 1. The van der Waals surface area contributed by atoms with Crippen molar-refractivity contribution in [3.05, 3.63) is 46.1 Å². The summed E-state index contributed by atoms with van der Waals surface area (Å²) in [5.74, 6) is -1.86. The fourth-order valence-corrected chi connectivity index (χ4v) is 4.82. The van der Waals surface area contributed by atoms with Gasteiger partial charge < -0.3 is 9.52 Å². The van der Waals surface area contributed by atoms with Crippen molar-refractivity contribution in [2.24, 2.45) is 0 Å². The first-order valence-corrected chi connectivity index (χ1v) is 11.6. The molecule has 0 aliphatic rings. The van der Waals surface area contributed by atoms with Gasteiger partial charge >= 0.3 is 5.97 Å². The zero-order valence-electron chi connectivity index (χ0n) is 14.9. The molecule has 1 heterocycles. The predicted molar refractivity (Wildman–Crippen MR) is 102 cm³/mol. The Hall–Kier alpha value is -2.72. The maximum absolute atomic E-state index is 13.0. The van der Waals surface area contributed by atoms with Crippen LogP contribution >= 0.6 is 0 Å². The molecule has 0 fully saturated rings. The summed E-state index contributed by atoms with van der Waals surface area (Å²) in [5, 5.41) is 8.80. The van der Waals surface area contributed by atoms with Gasteiger partial charge in [-0.2, -0.15) is 0 Å². The van der Waals surface area contributed by atoms with Gasteiger partial charge in [-0.1, -0.05) is 13.8 Å². The molecule has 0 aliphatic heterocycles. The minimum absolute atomic E-state index is 0.00107. The van der Waals surface area contributed by atoms with Crippen molar-refractivity contribution in [2.45, 2.75) is 23.6 Å². The molecule has 3 rings (SSSR count). The third-order valence-electron chi connectivity index (χ3n) is 4.41. The maximum Gasteiger partial charge on any atom is 0.335 e. The molecule has 0 radical (unpaired) electrons. The number of sulfone groups is 2. The van der Waals surface area contributed by atoms with E-state index >= 15 is 0 Å². The van der Waals surface area contributed by atoms with Crippen molar-refractivity contribution < 1.29 is 31.2 Å². The van der Waals surface area contributed by atoms with Gasteiger partial charge in [-0.15, -0.1) is 0 Å². The van der Waals surface area contributed by atoms with Gasteiger partial charge in [-0.25, -0.2) is 21.6 Å². The molecule has 0 amide bonds. The summed E-state index contributed by atoms with van der Waals surface area (Å²) >= 11 is 0. The predicted octanol–water partition coefficient (Wildman–Crippen LogP) is 2.23. The zero-order valence-corrected chi connectivity index (χ0v) is 16.6. The number of carbonyl (C=O) groups is 1. The Morgan fingerprint density at radius 1 is 0.964 bits per heavy atom. The Balaban J connectivity index is 2.58. The number of rotatable bonds is 5. The van der Waals surface area contributed by atoms with Gasteiger partial charge in [-0.3, -0.25) is 4.79 Å². The fraction of sp³-hybridized carbons (Fsp3) is 0.222. The summed E-state index contributed by atoms with van der Waals surface area (Å²) in [6.07, 6.45) is 0. The second kappa shape index (κ2) is 6.71. The molecule has 0 spiro atoms. The first-order valence-electron chi connectivity index (χ1n) is 8.25. The molecule has 1 N–H and O–H groups in total. The largest absolute Gasteiger partial charge is 0.478 e. The van der Waals surface area contributed by atoms with Crippen LogP contribution < -0.4 is 5.43 Å². The van der Waals surface area contributed by atoms with Gasteiger partial charge in [-0.05, 0) is 30.3 Å². The van der Waals surface area contributed by atoms with Crippen LogP contribution in [0.4, 0.5) is 0 Å². The monoisotopic (exact) mass is 424 g/mol. The molecule has 0 saturated heterocycles. The minimum Gasteiger partial charge on any atom is -0.478 e. The fourth-order valence-electron chi connectivity index (χ4n) is 2.77. The van der Waals surface area contributed by atoms with Crippen LogP contribution in [0, 0.1) is 0 Å². The smallest absolute Gasteiger partial charge is 0.335 e. The van der Waals surface area contributed by atoms with Crippen LogP contribution in [0.2, 0.25) is 0 Å². The topological polar surface area (TPSA) is 136 Å². The highest BCUT2D eigenvalue weighted by molar-refractivity contribution is 7.92. The maximum atomic E-state index is 13.0. The van der Waals surface area contributed by atoms with E-state index < -0.39 is 31.1 Å². The lowest BCUT2D eigenvalue weighted by molar-refractivity contribution is 0.0697. The molecular weight excluding hydrogens is 408 g/mol. The first kappa shape index (κ1) is 20.0. The third-order valence-corrected chi connectivity index (χ3v) is 7.86. The number of benzene rings is 2. The van der Waals surface area contributed by atoms with E-state index in [0.29, 0.717) is 0 Å². The Morgan fingerprint density at radius 2 is 1.61 bits per heavy atom. The molecule has 10 heteroatoms. The average Bonchev–Trinajstić information content (AvgIpc) is 2.67. The van der Waals surface area contributed by atoms with Crippen molar-refractivity contribution in [1.29, 1.82) is 0 Å². The van der Waals surface area contributed by atoms with Crippen LogP contribution in [0.15, 0.2) is 49.3 Å². The van der Waals surface area contributed by atoms with Gasteiger partial charge in [0, 0.05) is 0 Å². The second-order valence-electron chi connectivity index (χ2n) is 6.05. The number of hydrogen-bond acceptors (Lipinski definition) is 7. The lowest BCUT2D eigenvalue weighted by Gasteiger charge is -2.10. The second-order valence-corrected chi connectivity index (χ2v) is 10.6. The van der Waals surface area contributed by atoms with Gasteiger partial charge in [0.05, 0.1) is 32.7 Å². The van der Waals surface area contributed by atoms with E-state index in [1.165, 1.54) is 26.0 Å². The molecule has 2 aromatic carbocycles. The Bertz CT molecular complexity index is 1400. The third kappa shape index (κ3) is 3.18. The molecule has 0 bridgehead atoms. The van der Waals surface area contributed by atoms with Crippen LogP contribution in [0.25, 0.3) is 21.9 Å². The first-order chi connectivity index (χ1) is 13.0. The van der Waals surface area contributed by atoms with E-state index in [-0.39, 0.29) is 48.8 Å². The molecule has 1 aromatic heterocycles. The quantitative estimate of drug-likeness (QED) is 0.616. The molecule has 0 unspecified atom stereocenters. The Kier molecular flexibility index (Phi) is 4.80. The van der Waals surface area contributed by atoms with E-state index in [1.807, 2.05) is 0 Å². The molecule has 0 atom stereocenters. The standard InChI is InChI=1S/C18H16O8S2/c1-3-27(22,23)11-8-13-16(19)12-7-10(18(20)21)5-6-14(12)26-17(13)15(9-11)28(24,25)4-2/h5-9H,3-4H2,1-2H3,(H,20,21). The molecule has 0 saturated carbocycles. The lowest BCUT2D eigenvalue weighted by atomic mass is 10.1. The molecule has 28 heavy (non-hydrogen) atoms. The van der Waals surface area contributed by atoms with E-state index in [1.54, 1.807) is 0 Å². The number of carboxylic acids is 1. The Labute approximate surface area is 160 Å². The average molecular weight is 424 g/mol. The Morgan fingerprint density at radius 3 is 2.18 bits per heavy atom. The van der Waals surface area contributed by atoms with Gasteiger partial charge in [0.15, 0.2) is 25.3 Å². The number of carboxylic acid groups (broad SMARTS) is 1. The summed E-state index contributed by atoms with van der Waals surface area (Å²) in [4.78, 5) is 23.4. The van der Waals surface area contributed by atoms with Crippen molar-refractivity contribution in [2.75, 3.05) is 11.5 Å². The van der Waals surface area contributed by atoms with Gasteiger partial charge in [0.2, 0.25) is 5.43 Å². The summed E-state index contributed by atoms with van der Waals surface area (Å²) in [5.41, 5.74) is -1.11. The number of hydrogen-bond donors (Lipinski definition) is 1. The molecular formula is C18H16O8S2. The normalized spacial score (nSPS) is 12.5. The van der Waals surface area contributed by atoms with Crippen LogP contribution in [0.5, 0.6) is 0 Å². The highest BCUT2D eigenvalue weighted by Gasteiger charge is 2.25. The van der Waals surface area contributed by atoms with Gasteiger partial charge in [0.1, 0.15) is 10.5 Å². The number of fused-ring (bicyclic) bond motifs is 2. The minimum atomic E-state index is -3.91. The van der Waals surface area contributed by atoms with E-state index in [4.69, 9.17) is 9.52 Å². The van der Waals surface area contributed by atoms with Crippen LogP contribution in [0.1, 0.15) is 24.2 Å². The highest BCUT2D eigenvalue weighted by atomic mass is 32.2. The van der Waals surface area contributed by atoms with E-state index in [0.717, 1.165) is 18.2 Å². The summed E-state index contributed by atoms with van der Waals surface area (Å²) in [6, 6.07) is 5.67. The molecule has 3 aromatic rings. The SMILES string of the molecule is CCS(=O)(=O)c1cc(S(=O)(=O)CC)c2oc3ccc(C(=O)O)cc3c(=O)c2c1. The van der Waals surface area contributed by atoms with Crippen molar-refractivity contribution in [3.8, 4) is 0 Å². The highest BCUT2D eigenvalue weighted by Crippen LogP contribution is 2.30. The summed E-state index contributed by atoms with van der Waals surface area (Å²) in [6.45, 7) is 2.79. The van der Waals surface area contributed by atoms with E-state index in [9.17, 15) is 26.4 Å². The zero-order chi connectivity index (χ0) is 20.9. The molecule has 148 valence electrons. The molecule has 0 aliphatic carbocycles. The summed E-state index contributed by atoms with van der Waals surface area (Å²) in [7, 11) is -7.73. The van der Waals surface area contributed by atoms with Gasteiger partial charge in [0.25, 0.3) is 0 Å². The van der Waals surface area contributed by atoms with Crippen LogP contribution in [-0.4, -0.2) is 39.4 Å². The van der Waals surface area contributed by atoms with Crippen molar-refractivity contribution in [1.82, 2.24) is 0 Å². The summed E-state index contributed by atoms with van der Waals surface area (Å²) < 4.78 is 55.3. The molecule has 8 nitrogen and oxygen atoms in total. The van der Waals surface area contributed by atoms with Crippen molar-refractivity contribution >= 4 is 47.6 Å². The van der Waals surface area contributed by atoms with Crippen LogP contribution in [0.3, 0.4) is 0 Å². The van der Waals surface area contributed by atoms with E-state index in [2.05, 4.69) is 0 Å².